The molecule has 0 fully saturated rings. The Bertz CT molecular complexity index is 483. The highest BCUT2D eigenvalue weighted by molar-refractivity contribution is 6.30. The van der Waals surface area contributed by atoms with Crippen molar-refractivity contribution in [2.45, 2.75) is 33.2 Å². The summed E-state index contributed by atoms with van der Waals surface area (Å²) < 4.78 is 5.25. The number of aryl methyl sites for hydroxylation is 1. The van der Waals surface area contributed by atoms with Crippen molar-refractivity contribution in [3.8, 4) is 5.75 Å². The molecule has 0 aliphatic heterocycles. The van der Waals surface area contributed by atoms with Crippen LogP contribution in [0.25, 0.3) is 0 Å². The van der Waals surface area contributed by atoms with E-state index in [0.717, 1.165) is 5.56 Å². The van der Waals surface area contributed by atoms with Crippen LogP contribution in [0.1, 0.15) is 26.3 Å². The van der Waals surface area contributed by atoms with Crippen molar-refractivity contribution in [3.63, 3.8) is 0 Å². The first kappa shape index (κ1) is 14.5. The van der Waals surface area contributed by atoms with Crippen LogP contribution in [0.2, 0.25) is 5.02 Å². The Balaban J connectivity index is 2.87. The molecule has 1 aromatic rings. The maximum atomic E-state index is 12.0. The highest BCUT2D eigenvalue weighted by Crippen LogP contribution is 2.23. The lowest BCUT2D eigenvalue weighted by atomic mass is 10.1. The Morgan fingerprint density at radius 3 is 2.50 bits per heavy atom. The molecule has 0 spiro atoms. The number of rotatable bonds is 3. The summed E-state index contributed by atoms with van der Waals surface area (Å²) in [6, 6.07) is 5.04. The number of carbonyl (C=O) groups excluding carboxylic acids is 2. The minimum Gasteiger partial charge on any atom is -0.424 e. The van der Waals surface area contributed by atoms with Gasteiger partial charge in [0.1, 0.15) is 11.3 Å². The van der Waals surface area contributed by atoms with Gasteiger partial charge in [-0.3, -0.25) is 4.79 Å². The number of amides is 1. The fourth-order valence-electron chi connectivity index (χ4n) is 1.40. The third-order valence-electron chi connectivity index (χ3n) is 2.35. The van der Waals surface area contributed by atoms with E-state index in [1.807, 2.05) is 6.92 Å². The quantitative estimate of drug-likeness (QED) is 0.677. The van der Waals surface area contributed by atoms with Gasteiger partial charge in [0.2, 0.25) is 5.91 Å². The molecule has 0 aliphatic rings. The summed E-state index contributed by atoms with van der Waals surface area (Å²) in [5.74, 6) is -0.436. The van der Waals surface area contributed by atoms with E-state index in [9.17, 15) is 9.59 Å². The summed E-state index contributed by atoms with van der Waals surface area (Å²) in [4.78, 5) is 23.0. The first-order valence-electron chi connectivity index (χ1n) is 5.49. The molecule has 18 heavy (non-hydrogen) atoms. The molecule has 1 aromatic carbocycles. The molecule has 0 atom stereocenters. The molecule has 1 amide bonds. The Morgan fingerprint density at radius 1 is 1.33 bits per heavy atom. The first-order chi connectivity index (χ1) is 8.22. The summed E-state index contributed by atoms with van der Waals surface area (Å²) in [5.41, 5.74) is -0.285. The van der Waals surface area contributed by atoms with Crippen LogP contribution in [0.3, 0.4) is 0 Å². The van der Waals surface area contributed by atoms with Gasteiger partial charge in [0.15, 0.2) is 0 Å². The number of nitrogens with one attached hydrogen (secondary N) is 1. The predicted octanol–water partition coefficient (Wildman–Crippen LogP) is 2.47. The third-order valence-corrected chi connectivity index (χ3v) is 2.59. The van der Waals surface area contributed by atoms with Crippen LogP contribution in [0.5, 0.6) is 5.75 Å². The molecular formula is C13H16ClNO3. The van der Waals surface area contributed by atoms with Crippen molar-refractivity contribution < 1.29 is 14.3 Å². The smallest absolute Gasteiger partial charge is 0.336 e. The number of benzene rings is 1. The molecule has 0 heterocycles. The van der Waals surface area contributed by atoms with Crippen molar-refractivity contribution in [2.75, 3.05) is 0 Å². The second-order valence-electron chi connectivity index (χ2n) is 4.61. The summed E-state index contributed by atoms with van der Waals surface area (Å²) >= 11 is 5.84. The minimum absolute atomic E-state index is 0.292. The largest absolute Gasteiger partial charge is 0.424 e. The van der Waals surface area contributed by atoms with Gasteiger partial charge in [0.25, 0.3) is 0 Å². The van der Waals surface area contributed by atoms with Crippen LogP contribution in [-0.2, 0) is 9.59 Å². The summed E-state index contributed by atoms with van der Waals surface area (Å²) in [6.45, 7) is 6.32. The SMILES string of the molecule is CC(=O)NC(C)(C)C(=O)Oc1cc(Cl)ccc1C. The number of carbonyl (C=O) groups is 2. The van der Waals surface area contributed by atoms with Crippen LogP contribution >= 0.6 is 11.6 Å². The minimum atomic E-state index is -1.08. The molecule has 0 radical (unpaired) electrons. The average Bonchev–Trinajstić information content (AvgIpc) is 2.21. The van der Waals surface area contributed by atoms with Crippen LogP contribution in [0, 0.1) is 6.92 Å². The van der Waals surface area contributed by atoms with Gasteiger partial charge in [-0.05, 0) is 38.5 Å². The van der Waals surface area contributed by atoms with Crippen molar-refractivity contribution in [2.24, 2.45) is 0 Å². The van der Waals surface area contributed by atoms with E-state index < -0.39 is 11.5 Å². The molecule has 98 valence electrons. The van der Waals surface area contributed by atoms with E-state index in [4.69, 9.17) is 16.3 Å². The van der Waals surface area contributed by atoms with Gasteiger partial charge < -0.3 is 10.1 Å². The fourth-order valence-corrected chi connectivity index (χ4v) is 1.56. The zero-order chi connectivity index (χ0) is 13.9. The Labute approximate surface area is 111 Å². The van der Waals surface area contributed by atoms with Crippen molar-refractivity contribution in [1.82, 2.24) is 5.32 Å². The predicted molar refractivity (Wildman–Crippen MR) is 69.7 cm³/mol. The van der Waals surface area contributed by atoms with Gasteiger partial charge in [-0.1, -0.05) is 17.7 Å². The van der Waals surface area contributed by atoms with E-state index in [2.05, 4.69) is 5.32 Å². The van der Waals surface area contributed by atoms with E-state index in [1.54, 1.807) is 32.0 Å². The molecule has 4 nitrogen and oxygen atoms in total. The molecule has 0 aliphatic carbocycles. The zero-order valence-corrected chi connectivity index (χ0v) is 11.6. The van der Waals surface area contributed by atoms with Crippen LogP contribution in [-0.4, -0.2) is 17.4 Å². The molecule has 5 heteroatoms. The summed E-state index contributed by atoms with van der Waals surface area (Å²) in [5, 5.41) is 3.01. The van der Waals surface area contributed by atoms with Crippen LogP contribution in [0.4, 0.5) is 0 Å². The lowest BCUT2D eigenvalue weighted by Crippen LogP contribution is -2.51. The van der Waals surface area contributed by atoms with Crippen molar-refractivity contribution in [1.29, 1.82) is 0 Å². The second-order valence-corrected chi connectivity index (χ2v) is 5.04. The molecule has 1 rings (SSSR count). The monoisotopic (exact) mass is 269 g/mol. The van der Waals surface area contributed by atoms with E-state index in [0.29, 0.717) is 10.8 Å². The molecule has 0 saturated carbocycles. The molecule has 0 bridgehead atoms. The lowest BCUT2D eigenvalue weighted by Gasteiger charge is -2.23. The molecule has 1 N–H and O–H groups in total. The first-order valence-corrected chi connectivity index (χ1v) is 5.87. The van der Waals surface area contributed by atoms with E-state index in [1.165, 1.54) is 6.92 Å². The van der Waals surface area contributed by atoms with E-state index >= 15 is 0 Å². The molecule has 0 aromatic heterocycles. The normalized spacial score (nSPS) is 10.9. The Morgan fingerprint density at radius 2 is 1.94 bits per heavy atom. The summed E-state index contributed by atoms with van der Waals surface area (Å²) in [7, 11) is 0. The van der Waals surface area contributed by atoms with Gasteiger partial charge in [0.05, 0.1) is 0 Å². The Kier molecular flexibility index (Phi) is 4.35. The molecule has 0 saturated heterocycles. The maximum Gasteiger partial charge on any atom is 0.336 e. The zero-order valence-electron chi connectivity index (χ0n) is 10.8. The van der Waals surface area contributed by atoms with Crippen molar-refractivity contribution >= 4 is 23.5 Å². The van der Waals surface area contributed by atoms with Gasteiger partial charge >= 0.3 is 5.97 Å². The maximum absolute atomic E-state index is 12.0. The summed E-state index contributed by atoms with van der Waals surface area (Å²) in [6.07, 6.45) is 0. The van der Waals surface area contributed by atoms with Gasteiger partial charge in [-0.25, -0.2) is 4.79 Å². The third kappa shape index (κ3) is 3.74. The van der Waals surface area contributed by atoms with Gasteiger partial charge in [0, 0.05) is 11.9 Å². The standard InChI is InChI=1S/C13H16ClNO3/c1-8-5-6-10(14)7-11(8)18-12(17)13(3,4)15-9(2)16/h5-7H,1-4H3,(H,15,16). The lowest BCUT2D eigenvalue weighted by molar-refractivity contribution is -0.143. The Hall–Kier alpha value is -1.55. The van der Waals surface area contributed by atoms with Crippen LogP contribution in [0.15, 0.2) is 18.2 Å². The molecule has 0 unspecified atom stereocenters. The number of ether oxygens (including phenoxy) is 1. The van der Waals surface area contributed by atoms with Gasteiger partial charge in [-0.2, -0.15) is 0 Å². The highest BCUT2D eigenvalue weighted by atomic mass is 35.5. The average molecular weight is 270 g/mol. The molecular weight excluding hydrogens is 254 g/mol. The van der Waals surface area contributed by atoms with Crippen molar-refractivity contribution in [3.05, 3.63) is 28.8 Å². The van der Waals surface area contributed by atoms with Crippen LogP contribution < -0.4 is 10.1 Å². The fraction of sp³-hybridized carbons (Fsp3) is 0.385. The van der Waals surface area contributed by atoms with Gasteiger partial charge in [-0.15, -0.1) is 0 Å². The number of halogens is 1. The topological polar surface area (TPSA) is 55.4 Å². The van der Waals surface area contributed by atoms with E-state index in [-0.39, 0.29) is 5.91 Å². The highest BCUT2D eigenvalue weighted by Gasteiger charge is 2.30. The number of hydrogen-bond acceptors (Lipinski definition) is 3. The number of esters is 1. The second kappa shape index (κ2) is 5.40. The number of hydrogen-bond donors (Lipinski definition) is 1.